The Morgan fingerprint density at radius 2 is 0.579 bits per heavy atom. The van der Waals surface area contributed by atoms with Crippen LogP contribution < -0.4 is 5.30 Å². The van der Waals surface area contributed by atoms with E-state index in [4.69, 9.17) is 4.31 Å². The van der Waals surface area contributed by atoms with E-state index in [1.807, 2.05) is 0 Å². The van der Waals surface area contributed by atoms with E-state index in [9.17, 15) is 19.2 Å². The molecule has 0 amide bonds. The third kappa shape index (κ3) is 11.4. The molecule has 0 radical (unpaired) electrons. The van der Waals surface area contributed by atoms with Gasteiger partial charge in [-0.25, -0.2) is 8.88 Å². The van der Waals surface area contributed by atoms with Gasteiger partial charge in [-0.3, -0.25) is 4.57 Å². The van der Waals surface area contributed by atoms with Gasteiger partial charge >= 0.3 is 15.4 Å². The lowest BCUT2D eigenvalue weighted by Gasteiger charge is -2.40. The third-order valence-corrected chi connectivity index (χ3v) is 18.2. The van der Waals surface area contributed by atoms with Crippen LogP contribution in [0.15, 0.2) is 91.0 Å². The molecule has 76 heavy (non-hydrogen) atoms. The van der Waals surface area contributed by atoms with E-state index in [1.165, 1.54) is 11.1 Å². The Bertz CT molecular complexity index is 3380. The van der Waals surface area contributed by atoms with Crippen molar-refractivity contribution in [3.05, 3.63) is 136 Å². The zero-order valence-corrected chi connectivity index (χ0v) is 52.4. The minimum absolute atomic E-state index is 0.120. The van der Waals surface area contributed by atoms with Gasteiger partial charge in [0.05, 0.1) is 5.30 Å². The Balaban J connectivity index is 1.93. The lowest BCUT2D eigenvalue weighted by molar-refractivity contribution is 0.268. The van der Waals surface area contributed by atoms with Crippen LogP contribution in [0, 0.1) is 0 Å². The van der Waals surface area contributed by atoms with Crippen LogP contribution in [0.2, 0.25) is 0 Å². The van der Waals surface area contributed by atoms with Crippen molar-refractivity contribution in [2.24, 2.45) is 0 Å². The van der Waals surface area contributed by atoms with E-state index in [2.05, 4.69) is 257 Å². The van der Waals surface area contributed by atoms with Crippen molar-refractivity contribution in [3.63, 3.8) is 0 Å². The van der Waals surface area contributed by atoms with Crippen molar-refractivity contribution < 1.29 is 28.1 Å². The molecule has 0 spiro atoms. The zero-order valence-electron chi connectivity index (χ0n) is 50.6. The summed E-state index contributed by atoms with van der Waals surface area (Å²) in [5.41, 5.74) is 15.5. The standard InChI is InChI=1S/C68H90O6P2/c1-61(2,3)40-28-32-44(50(36-40)65(13,14)15)45-26-25-27-49-54(45)59-57(49)55(46-33-29-41(62(4,5)6)37-51(46)66(16,17)18)56(47-34-30-42(63(7,8)9)38-52(47)67(19,20)21)58(60(59)75(69,70)74-76(71,72)73)48-35-31-43(64(10,11)12)39-53(48)68(22,23)24/h25-39H,1-24H3,(H,69,70)(H2,71,72,73). The highest BCUT2D eigenvalue weighted by Gasteiger charge is 2.47. The molecule has 1 aliphatic rings. The molecule has 0 fully saturated rings. The molecule has 3 N–H and O–H groups in total. The summed E-state index contributed by atoms with van der Waals surface area (Å²) in [5.74, 6) is 0. The smallest absolute Gasteiger partial charge is 0.321 e. The topological polar surface area (TPSA) is 104 Å². The van der Waals surface area contributed by atoms with E-state index in [1.54, 1.807) is 0 Å². The van der Waals surface area contributed by atoms with Crippen LogP contribution in [0.4, 0.5) is 0 Å². The fraction of sp³-hybridized carbons (Fsp3) is 0.471. The molecule has 8 heteroatoms. The summed E-state index contributed by atoms with van der Waals surface area (Å²) in [4.78, 5) is 34.9. The summed E-state index contributed by atoms with van der Waals surface area (Å²) >= 11 is 0. The molecule has 6 nitrogen and oxygen atoms in total. The van der Waals surface area contributed by atoms with Gasteiger partial charge in [0, 0.05) is 11.1 Å². The zero-order chi connectivity index (χ0) is 57.4. The summed E-state index contributed by atoms with van der Waals surface area (Å²) < 4.78 is 35.1. The summed E-state index contributed by atoms with van der Waals surface area (Å²) in [5, 5.41) is -0.120. The normalized spacial score (nSPS) is 14.8. The second kappa shape index (κ2) is 18.9. The first-order valence-corrected chi connectivity index (χ1v) is 30.4. The molecule has 7 rings (SSSR count). The van der Waals surface area contributed by atoms with Crippen LogP contribution in [0.1, 0.15) is 211 Å². The molecule has 408 valence electrons. The average Bonchev–Trinajstić information content (AvgIpc) is 3.23. The van der Waals surface area contributed by atoms with Gasteiger partial charge in [0.1, 0.15) is 0 Å². The van der Waals surface area contributed by atoms with Gasteiger partial charge in [-0.15, -0.1) is 0 Å². The molecule has 0 saturated carbocycles. The highest BCUT2D eigenvalue weighted by molar-refractivity contribution is 7.69. The number of phosphoric acid groups is 1. The quantitative estimate of drug-likeness (QED) is 0.137. The fourth-order valence-electron chi connectivity index (χ4n) is 11.1. The minimum Gasteiger partial charge on any atom is -0.321 e. The van der Waals surface area contributed by atoms with Crippen LogP contribution in [0.5, 0.6) is 0 Å². The fourth-order valence-corrected chi connectivity index (χ4v) is 13.6. The van der Waals surface area contributed by atoms with Crippen molar-refractivity contribution in [1.29, 1.82) is 0 Å². The van der Waals surface area contributed by atoms with Gasteiger partial charge in [0.25, 0.3) is 0 Å². The van der Waals surface area contributed by atoms with Gasteiger partial charge in [-0.1, -0.05) is 257 Å². The van der Waals surface area contributed by atoms with Crippen molar-refractivity contribution >= 4 is 20.7 Å². The summed E-state index contributed by atoms with van der Waals surface area (Å²) in [6.07, 6.45) is 0. The molecule has 0 bridgehead atoms. The van der Waals surface area contributed by atoms with Crippen LogP contribution >= 0.6 is 15.4 Å². The van der Waals surface area contributed by atoms with Gasteiger partial charge in [0.2, 0.25) is 0 Å². The molecular weight excluding hydrogens is 975 g/mol. The molecule has 0 aliphatic heterocycles. The van der Waals surface area contributed by atoms with E-state index in [0.29, 0.717) is 22.3 Å². The Kier molecular flexibility index (Phi) is 14.7. The van der Waals surface area contributed by atoms with Crippen LogP contribution in [-0.2, 0) is 56.8 Å². The first kappa shape index (κ1) is 59.3. The second-order valence-electron chi connectivity index (χ2n) is 30.1. The van der Waals surface area contributed by atoms with Gasteiger partial charge < -0.3 is 14.7 Å². The molecule has 6 aromatic rings. The molecule has 1 atom stereocenters. The number of fused-ring (bicyclic) bond motifs is 4. The highest BCUT2D eigenvalue weighted by Crippen LogP contribution is 2.67. The SMILES string of the molecule is CC(C)(C)c1ccc(-c2cccc3c2-c2c-3c(-c3ccc(C(C)(C)C)cc3C(C)(C)C)c(-c3ccc(C(C)(C)C)cc3C(C)(C)C)c(-c3ccc(C(C)(C)C)cc3C(C)(C)C)c2P(=O)(O)OP(=O)(O)O)c(C(C)(C)C)c1. The van der Waals surface area contributed by atoms with Gasteiger partial charge in [-0.05, 0) is 143 Å². The maximum atomic E-state index is 16.2. The monoisotopic (exact) mass is 1060 g/mol. The Hall–Kier alpha value is -4.38. The largest absolute Gasteiger partial charge is 0.477 e. The molecule has 0 aromatic heterocycles. The van der Waals surface area contributed by atoms with E-state index < -0.39 is 31.7 Å². The number of rotatable bonds is 7. The summed E-state index contributed by atoms with van der Waals surface area (Å²) in [6.45, 7) is 53.1. The van der Waals surface area contributed by atoms with Crippen LogP contribution in [-0.4, -0.2) is 14.7 Å². The number of benzene rings is 6. The van der Waals surface area contributed by atoms with Gasteiger partial charge in [-0.2, -0.15) is 0 Å². The average molecular weight is 1070 g/mol. The third-order valence-electron chi connectivity index (χ3n) is 15.4. The van der Waals surface area contributed by atoms with Crippen LogP contribution in [0.25, 0.3) is 66.8 Å². The van der Waals surface area contributed by atoms with Gasteiger partial charge in [0.15, 0.2) is 0 Å². The first-order valence-electron chi connectivity index (χ1n) is 27.3. The van der Waals surface area contributed by atoms with Crippen molar-refractivity contribution in [3.8, 4) is 66.8 Å². The van der Waals surface area contributed by atoms with Crippen LogP contribution in [0.3, 0.4) is 0 Å². The highest BCUT2D eigenvalue weighted by atomic mass is 31.3. The molecule has 0 heterocycles. The Morgan fingerprint density at radius 3 is 0.895 bits per heavy atom. The van der Waals surface area contributed by atoms with E-state index in [-0.39, 0.29) is 32.4 Å². The molecule has 6 aromatic carbocycles. The number of hydrogen-bond acceptors (Lipinski definition) is 3. The van der Waals surface area contributed by atoms with Crippen molar-refractivity contribution in [1.82, 2.24) is 0 Å². The maximum Gasteiger partial charge on any atom is 0.477 e. The molecule has 1 unspecified atom stereocenters. The molecule has 0 saturated heterocycles. The minimum atomic E-state index is -5.64. The predicted molar refractivity (Wildman–Crippen MR) is 325 cm³/mol. The van der Waals surface area contributed by atoms with E-state index >= 15 is 4.57 Å². The molecular formula is C68H90O6P2. The Morgan fingerprint density at radius 1 is 0.303 bits per heavy atom. The maximum absolute atomic E-state index is 16.2. The van der Waals surface area contributed by atoms with Crippen molar-refractivity contribution in [2.75, 3.05) is 0 Å². The summed E-state index contributed by atoms with van der Waals surface area (Å²) in [7, 11) is -11.2. The van der Waals surface area contributed by atoms with E-state index in [0.717, 1.165) is 77.9 Å². The second-order valence-corrected chi connectivity index (χ2v) is 33.2. The van der Waals surface area contributed by atoms with Crippen molar-refractivity contribution in [2.45, 2.75) is 209 Å². The lowest BCUT2D eigenvalue weighted by Crippen LogP contribution is -2.26. The predicted octanol–water partition coefficient (Wildman–Crippen LogP) is 19.3. The summed E-state index contributed by atoms with van der Waals surface area (Å²) in [6, 6.07) is 32.9. The Labute approximate surface area is 458 Å². The lowest BCUT2D eigenvalue weighted by atomic mass is 9.65. The molecule has 1 aliphatic carbocycles. The number of hydrogen-bond donors (Lipinski definition) is 3. The first-order chi connectivity index (χ1) is 34.2.